The van der Waals surface area contributed by atoms with Crippen molar-refractivity contribution in [3.63, 3.8) is 0 Å². The number of benzene rings is 1. The van der Waals surface area contributed by atoms with E-state index in [1.165, 1.54) is 31.2 Å². The van der Waals surface area contributed by atoms with Gasteiger partial charge in [-0.05, 0) is 48.8 Å². The molecule has 1 nitrogen and oxygen atoms in total. The lowest BCUT2D eigenvalue weighted by atomic mass is 9.95. The molecule has 1 aromatic carbocycles. The molecular formula is C14H17BrClN. The van der Waals surface area contributed by atoms with Crippen molar-refractivity contribution in [3.8, 4) is 0 Å². The molecule has 17 heavy (non-hydrogen) atoms. The van der Waals surface area contributed by atoms with Crippen LogP contribution in [0, 0.1) is 11.8 Å². The molecule has 2 aliphatic carbocycles. The van der Waals surface area contributed by atoms with Crippen molar-refractivity contribution in [2.45, 2.75) is 38.3 Å². The Morgan fingerprint density at radius 1 is 1.29 bits per heavy atom. The molecule has 0 aliphatic heterocycles. The Morgan fingerprint density at radius 2 is 2.18 bits per heavy atom. The molecule has 2 fully saturated rings. The van der Waals surface area contributed by atoms with Crippen molar-refractivity contribution < 1.29 is 0 Å². The topological polar surface area (TPSA) is 12.0 Å². The molecule has 2 saturated carbocycles. The van der Waals surface area contributed by atoms with Gasteiger partial charge in [0.1, 0.15) is 0 Å². The van der Waals surface area contributed by atoms with Crippen molar-refractivity contribution in [2.24, 2.45) is 11.8 Å². The first-order valence-corrected chi connectivity index (χ1v) is 7.57. The molecule has 3 atom stereocenters. The SMILES string of the molecule is Clc1cc(Br)ccc1CNC1CC2CCC1C2. The highest BCUT2D eigenvalue weighted by Crippen LogP contribution is 2.44. The van der Waals surface area contributed by atoms with E-state index < -0.39 is 0 Å². The van der Waals surface area contributed by atoms with Crippen LogP contribution < -0.4 is 5.32 Å². The number of fused-ring (bicyclic) bond motifs is 2. The lowest BCUT2D eigenvalue weighted by Gasteiger charge is -2.23. The number of hydrogen-bond acceptors (Lipinski definition) is 1. The second-order valence-electron chi connectivity index (χ2n) is 5.40. The van der Waals surface area contributed by atoms with Gasteiger partial charge >= 0.3 is 0 Å². The van der Waals surface area contributed by atoms with Gasteiger partial charge in [0.2, 0.25) is 0 Å². The van der Waals surface area contributed by atoms with Gasteiger partial charge in [-0.1, -0.05) is 40.0 Å². The van der Waals surface area contributed by atoms with Crippen LogP contribution in [-0.2, 0) is 6.54 Å². The average molecular weight is 315 g/mol. The standard InChI is InChI=1S/C14H17BrClN/c15-12-4-3-11(13(16)7-12)8-17-14-6-9-1-2-10(14)5-9/h3-4,7,9-10,14,17H,1-2,5-6,8H2. The van der Waals surface area contributed by atoms with E-state index in [9.17, 15) is 0 Å². The summed E-state index contributed by atoms with van der Waals surface area (Å²) in [4.78, 5) is 0. The van der Waals surface area contributed by atoms with Crippen LogP contribution >= 0.6 is 27.5 Å². The second-order valence-corrected chi connectivity index (χ2v) is 6.72. The van der Waals surface area contributed by atoms with Gasteiger partial charge in [-0.25, -0.2) is 0 Å². The monoisotopic (exact) mass is 313 g/mol. The quantitative estimate of drug-likeness (QED) is 0.873. The zero-order valence-corrected chi connectivity index (χ0v) is 12.1. The molecule has 3 rings (SSSR count). The maximum atomic E-state index is 6.22. The van der Waals surface area contributed by atoms with Gasteiger partial charge in [0.25, 0.3) is 0 Å². The maximum Gasteiger partial charge on any atom is 0.0462 e. The summed E-state index contributed by atoms with van der Waals surface area (Å²) in [6.45, 7) is 0.903. The van der Waals surface area contributed by atoms with E-state index in [0.29, 0.717) is 0 Å². The Kier molecular flexibility index (Phi) is 3.47. The second kappa shape index (κ2) is 4.91. The summed E-state index contributed by atoms with van der Waals surface area (Å²) in [5, 5.41) is 4.55. The Bertz CT molecular complexity index is 421. The highest BCUT2D eigenvalue weighted by molar-refractivity contribution is 9.10. The van der Waals surface area contributed by atoms with Crippen LogP contribution in [0.15, 0.2) is 22.7 Å². The molecule has 0 radical (unpaired) electrons. The molecule has 2 aliphatic rings. The fourth-order valence-electron chi connectivity index (χ4n) is 3.40. The fourth-order valence-corrected chi connectivity index (χ4v) is 4.14. The molecule has 3 unspecified atom stereocenters. The van der Waals surface area contributed by atoms with E-state index in [-0.39, 0.29) is 0 Å². The molecule has 1 N–H and O–H groups in total. The number of rotatable bonds is 3. The molecule has 0 saturated heterocycles. The van der Waals surface area contributed by atoms with E-state index >= 15 is 0 Å². The first kappa shape index (κ1) is 12.0. The molecule has 0 amide bonds. The predicted octanol–water partition coefficient (Wildman–Crippen LogP) is 4.38. The van der Waals surface area contributed by atoms with Gasteiger partial charge in [-0.2, -0.15) is 0 Å². The molecule has 0 heterocycles. The van der Waals surface area contributed by atoms with E-state index in [4.69, 9.17) is 11.6 Å². The largest absolute Gasteiger partial charge is 0.310 e. The summed E-state index contributed by atoms with van der Waals surface area (Å²) in [5.41, 5.74) is 1.21. The summed E-state index contributed by atoms with van der Waals surface area (Å²) >= 11 is 9.66. The summed E-state index contributed by atoms with van der Waals surface area (Å²) in [7, 11) is 0. The normalized spacial score (nSPS) is 31.1. The van der Waals surface area contributed by atoms with E-state index in [1.807, 2.05) is 6.07 Å². The van der Waals surface area contributed by atoms with Crippen LogP contribution in [0.1, 0.15) is 31.2 Å². The first-order valence-electron chi connectivity index (χ1n) is 6.39. The van der Waals surface area contributed by atoms with Crippen LogP contribution in [0.2, 0.25) is 5.02 Å². The average Bonchev–Trinajstić information content (AvgIpc) is 2.89. The maximum absolute atomic E-state index is 6.22. The lowest BCUT2D eigenvalue weighted by molar-refractivity contribution is 0.351. The van der Waals surface area contributed by atoms with E-state index in [0.717, 1.165) is 33.9 Å². The lowest BCUT2D eigenvalue weighted by Crippen LogP contribution is -2.33. The zero-order chi connectivity index (χ0) is 11.8. The van der Waals surface area contributed by atoms with Crippen LogP contribution in [0.5, 0.6) is 0 Å². The van der Waals surface area contributed by atoms with Crippen molar-refractivity contribution in [2.75, 3.05) is 0 Å². The summed E-state index contributed by atoms with van der Waals surface area (Å²) in [6.07, 6.45) is 5.71. The minimum absolute atomic E-state index is 0.730. The van der Waals surface area contributed by atoms with Crippen LogP contribution in [-0.4, -0.2) is 6.04 Å². The van der Waals surface area contributed by atoms with E-state index in [1.54, 1.807) is 0 Å². The first-order chi connectivity index (χ1) is 8.22. The van der Waals surface area contributed by atoms with Crippen molar-refractivity contribution in [3.05, 3.63) is 33.3 Å². The minimum Gasteiger partial charge on any atom is -0.310 e. The van der Waals surface area contributed by atoms with Gasteiger partial charge < -0.3 is 5.32 Å². The Labute approximate surface area is 116 Å². The molecule has 2 bridgehead atoms. The van der Waals surface area contributed by atoms with E-state index in [2.05, 4.69) is 33.4 Å². The molecular weight excluding hydrogens is 298 g/mol. The highest BCUT2D eigenvalue weighted by atomic mass is 79.9. The third kappa shape index (κ3) is 2.54. The molecule has 0 aromatic heterocycles. The number of halogens is 2. The van der Waals surface area contributed by atoms with Crippen LogP contribution in [0.25, 0.3) is 0 Å². The Hall–Kier alpha value is -0.0500. The highest BCUT2D eigenvalue weighted by Gasteiger charge is 2.38. The van der Waals surface area contributed by atoms with Gasteiger partial charge in [0.05, 0.1) is 0 Å². The zero-order valence-electron chi connectivity index (χ0n) is 9.76. The Morgan fingerprint density at radius 3 is 2.82 bits per heavy atom. The minimum atomic E-state index is 0.730. The van der Waals surface area contributed by atoms with Gasteiger partial charge in [0, 0.05) is 22.1 Å². The third-order valence-electron chi connectivity index (χ3n) is 4.31. The summed E-state index contributed by atoms with van der Waals surface area (Å²) in [6, 6.07) is 6.86. The van der Waals surface area contributed by atoms with Crippen LogP contribution in [0.4, 0.5) is 0 Å². The fraction of sp³-hybridized carbons (Fsp3) is 0.571. The molecule has 3 heteroatoms. The smallest absolute Gasteiger partial charge is 0.0462 e. The van der Waals surface area contributed by atoms with Gasteiger partial charge in [-0.3, -0.25) is 0 Å². The molecule has 0 spiro atoms. The van der Waals surface area contributed by atoms with Crippen molar-refractivity contribution >= 4 is 27.5 Å². The predicted molar refractivity (Wildman–Crippen MR) is 75.2 cm³/mol. The summed E-state index contributed by atoms with van der Waals surface area (Å²) in [5.74, 6) is 1.92. The number of nitrogens with one attached hydrogen (secondary N) is 1. The van der Waals surface area contributed by atoms with Gasteiger partial charge in [0.15, 0.2) is 0 Å². The third-order valence-corrected chi connectivity index (χ3v) is 5.15. The Balaban J connectivity index is 1.60. The molecule has 92 valence electrons. The van der Waals surface area contributed by atoms with Gasteiger partial charge in [-0.15, -0.1) is 0 Å². The summed E-state index contributed by atoms with van der Waals surface area (Å²) < 4.78 is 1.05. The van der Waals surface area contributed by atoms with Crippen molar-refractivity contribution in [1.82, 2.24) is 5.32 Å². The van der Waals surface area contributed by atoms with Crippen molar-refractivity contribution in [1.29, 1.82) is 0 Å². The number of hydrogen-bond donors (Lipinski definition) is 1. The van der Waals surface area contributed by atoms with Crippen LogP contribution in [0.3, 0.4) is 0 Å². The molecule has 1 aromatic rings.